The number of nitrogens with zero attached hydrogens (tertiary/aromatic N) is 1. The molecule has 1 aromatic heterocycles. The molecule has 0 amide bonds. The van der Waals surface area contributed by atoms with Crippen LogP contribution >= 0.6 is 45.3 Å². The summed E-state index contributed by atoms with van der Waals surface area (Å²) >= 11 is 1.74. The van der Waals surface area contributed by atoms with Crippen LogP contribution in [0.25, 0.3) is 0 Å². The highest BCUT2D eigenvalue weighted by Gasteiger charge is 2.14. The number of halogens is 2. The molecule has 12 heavy (non-hydrogen) atoms. The fourth-order valence-electron chi connectivity index (χ4n) is 1.06. The maximum Gasteiger partial charge on any atom is 0.182 e. The van der Waals surface area contributed by atoms with E-state index < -0.39 is 0 Å². The molecule has 0 saturated carbocycles. The van der Waals surface area contributed by atoms with E-state index >= 15 is 0 Å². The van der Waals surface area contributed by atoms with Gasteiger partial charge in [-0.3, -0.25) is 0 Å². The molecule has 2 rings (SSSR count). The lowest BCUT2D eigenvalue weighted by atomic mass is 10.4. The first-order valence-corrected chi connectivity index (χ1v) is 4.09. The summed E-state index contributed by atoms with van der Waals surface area (Å²) in [6.07, 6.45) is 0. The van der Waals surface area contributed by atoms with E-state index in [4.69, 9.17) is 0 Å². The second-order valence-electron chi connectivity index (χ2n) is 2.24. The summed E-state index contributed by atoms with van der Waals surface area (Å²) in [6.45, 7) is 1.93. The Kier molecular flexibility index (Phi) is 5.31. The molecule has 0 spiro atoms. The number of rotatable bonds is 1. The summed E-state index contributed by atoms with van der Waals surface area (Å²) in [5, 5.41) is 7.31. The lowest BCUT2D eigenvalue weighted by molar-refractivity contribution is 0.759. The minimum Gasteiger partial charge on any atom is -0.365 e. The fraction of sp³-hybridized carbons (Fsp3) is 0.500. The average molecular weight is 317 g/mol. The van der Waals surface area contributed by atoms with Crippen molar-refractivity contribution >= 4 is 50.4 Å². The van der Waals surface area contributed by atoms with Gasteiger partial charge >= 0.3 is 0 Å². The van der Waals surface area contributed by atoms with Crippen molar-refractivity contribution in [2.24, 2.45) is 0 Å². The average Bonchev–Trinajstić information content (AvgIpc) is 2.42. The van der Waals surface area contributed by atoms with Crippen molar-refractivity contribution < 1.29 is 0 Å². The minimum absolute atomic E-state index is 0. The van der Waals surface area contributed by atoms with E-state index in [2.05, 4.69) is 15.6 Å². The first-order chi connectivity index (χ1) is 4.90. The van der Waals surface area contributed by atoms with Crippen LogP contribution in [-0.4, -0.2) is 12.0 Å². The van der Waals surface area contributed by atoms with Crippen molar-refractivity contribution in [2.45, 2.75) is 13.1 Å². The molecular weight excluding hydrogens is 306 g/mol. The Morgan fingerprint density at radius 2 is 2.17 bits per heavy atom. The maximum atomic E-state index is 4.35. The lowest BCUT2D eigenvalue weighted by Crippen LogP contribution is -2.01. The van der Waals surface area contributed by atoms with Crippen molar-refractivity contribution in [3.63, 3.8) is 0 Å². The van der Waals surface area contributed by atoms with E-state index in [9.17, 15) is 0 Å². The van der Waals surface area contributed by atoms with Crippen molar-refractivity contribution in [3.05, 3.63) is 10.6 Å². The van der Waals surface area contributed by atoms with E-state index in [1.165, 1.54) is 10.6 Å². The topological polar surface area (TPSA) is 37.0 Å². The van der Waals surface area contributed by atoms with E-state index in [1.54, 1.807) is 11.3 Å². The number of hydrogen-bond donors (Lipinski definition) is 2. The molecule has 0 aliphatic carbocycles. The van der Waals surface area contributed by atoms with Crippen molar-refractivity contribution in [3.8, 4) is 0 Å². The largest absolute Gasteiger partial charge is 0.365 e. The van der Waals surface area contributed by atoms with E-state index in [0.717, 1.165) is 18.2 Å². The van der Waals surface area contributed by atoms with Gasteiger partial charge in [0, 0.05) is 25.0 Å². The van der Waals surface area contributed by atoms with Crippen molar-refractivity contribution in [2.75, 3.05) is 12.4 Å². The number of thiazole rings is 1. The quantitative estimate of drug-likeness (QED) is 0.831. The monoisotopic (exact) mass is 315 g/mol. The molecule has 6 heteroatoms. The summed E-state index contributed by atoms with van der Waals surface area (Å²) in [5.74, 6) is 0. The Morgan fingerprint density at radius 3 is 2.75 bits per heavy atom. The van der Waals surface area contributed by atoms with Crippen LogP contribution in [0.15, 0.2) is 0 Å². The van der Waals surface area contributed by atoms with Crippen LogP contribution in [-0.2, 0) is 13.1 Å². The van der Waals surface area contributed by atoms with Crippen LogP contribution in [0.3, 0.4) is 0 Å². The first kappa shape index (κ1) is 12.3. The Bertz CT molecular complexity index is 229. The second kappa shape index (κ2) is 5.16. The molecule has 0 bridgehead atoms. The van der Waals surface area contributed by atoms with Gasteiger partial charge in [0.05, 0.1) is 5.69 Å². The normalized spacial score (nSPS) is 12.8. The zero-order valence-electron chi connectivity index (χ0n) is 6.59. The molecule has 0 atom stereocenters. The molecule has 1 aliphatic rings. The van der Waals surface area contributed by atoms with Gasteiger partial charge in [0.25, 0.3) is 0 Å². The van der Waals surface area contributed by atoms with Crippen LogP contribution in [0.4, 0.5) is 5.13 Å². The summed E-state index contributed by atoms with van der Waals surface area (Å²) in [7, 11) is 1.90. The summed E-state index contributed by atoms with van der Waals surface area (Å²) in [6, 6.07) is 0. The highest BCUT2D eigenvalue weighted by atomic mass is 79.9. The molecule has 0 aromatic carbocycles. The predicted molar refractivity (Wildman–Crippen MR) is 62.8 cm³/mol. The SMILES string of the molecule is Br.Br.CNc1nc2c(s1)CNC2. The van der Waals surface area contributed by atoms with Gasteiger partial charge in [0.15, 0.2) is 5.13 Å². The van der Waals surface area contributed by atoms with Gasteiger partial charge in [-0.15, -0.1) is 45.3 Å². The molecule has 0 saturated heterocycles. The number of nitrogens with one attached hydrogen (secondary N) is 2. The summed E-state index contributed by atoms with van der Waals surface area (Å²) < 4.78 is 0. The lowest BCUT2D eigenvalue weighted by Gasteiger charge is -1.90. The zero-order valence-corrected chi connectivity index (χ0v) is 10.8. The molecule has 0 unspecified atom stereocenters. The third kappa shape index (κ3) is 2.18. The maximum absolute atomic E-state index is 4.35. The van der Waals surface area contributed by atoms with Crippen LogP contribution in [0.1, 0.15) is 10.6 Å². The molecule has 70 valence electrons. The van der Waals surface area contributed by atoms with Gasteiger partial charge in [-0.1, -0.05) is 0 Å². The third-order valence-corrected chi connectivity index (χ3v) is 2.69. The zero-order chi connectivity index (χ0) is 6.97. The van der Waals surface area contributed by atoms with Gasteiger partial charge in [-0.25, -0.2) is 4.98 Å². The van der Waals surface area contributed by atoms with E-state index in [1.807, 2.05) is 7.05 Å². The predicted octanol–water partition coefficient (Wildman–Crippen LogP) is 1.94. The van der Waals surface area contributed by atoms with Crippen molar-refractivity contribution in [1.82, 2.24) is 10.3 Å². The van der Waals surface area contributed by atoms with Gasteiger partial charge < -0.3 is 10.6 Å². The highest BCUT2D eigenvalue weighted by Crippen LogP contribution is 2.25. The number of aromatic nitrogens is 1. The molecule has 2 heterocycles. The molecule has 1 aliphatic heterocycles. The number of fused-ring (bicyclic) bond motifs is 1. The van der Waals surface area contributed by atoms with Gasteiger partial charge in [0.1, 0.15) is 0 Å². The Labute approximate surface area is 96.5 Å². The van der Waals surface area contributed by atoms with Crippen molar-refractivity contribution in [1.29, 1.82) is 0 Å². The smallest absolute Gasteiger partial charge is 0.182 e. The van der Waals surface area contributed by atoms with Gasteiger partial charge in [0.2, 0.25) is 0 Å². The molecule has 0 radical (unpaired) electrons. The number of anilines is 1. The van der Waals surface area contributed by atoms with Crippen LogP contribution in [0.5, 0.6) is 0 Å². The standard InChI is InChI=1S/C6H9N3S.2BrH/c1-7-6-9-4-2-8-3-5(4)10-6;;/h8H,2-3H2,1H3,(H,7,9);2*1H. The molecular formula is C6H11Br2N3S. The minimum atomic E-state index is 0. The summed E-state index contributed by atoms with van der Waals surface area (Å²) in [4.78, 5) is 5.73. The molecule has 2 N–H and O–H groups in total. The van der Waals surface area contributed by atoms with Crippen LogP contribution < -0.4 is 10.6 Å². The first-order valence-electron chi connectivity index (χ1n) is 3.27. The Balaban J connectivity index is 0.000000605. The van der Waals surface area contributed by atoms with E-state index in [0.29, 0.717) is 0 Å². The van der Waals surface area contributed by atoms with Crippen LogP contribution in [0, 0.1) is 0 Å². The third-order valence-electron chi connectivity index (χ3n) is 1.57. The van der Waals surface area contributed by atoms with Gasteiger partial charge in [-0.05, 0) is 0 Å². The number of hydrogen-bond acceptors (Lipinski definition) is 4. The molecule has 0 fully saturated rings. The van der Waals surface area contributed by atoms with E-state index in [-0.39, 0.29) is 34.0 Å². The Morgan fingerprint density at radius 1 is 1.42 bits per heavy atom. The second-order valence-corrected chi connectivity index (χ2v) is 3.33. The summed E-state index contributed by atoms with van der Waals surface area (Å²) in [5.41, 5.74) is 1.22. The Hall–Kier alpha value is 0.350. The van der Waals surface area contributed by atoms with Crippen LogP contribution in [0.2, 0.25) is 0 Å². The fourth-order valence-corrected chi connectivity index (χ4v) is 1.96. The highest BCUT2D eigenvalue weighted by molar-refractivity contribution is 8.93. The van der Waals surface area contributed by atoms with Gasteiger partial charge in [-0.2, -0.15) is 0 Å². The molecule has 1 aromatic rings. The molecule has 3 nitrogen and oxygen atoms in total.